The minimum Gasteiger partial charge on any atom is -0.394 e. The van der Waals surface area contributed by atoms with Crippen LogP contribution in [0, 0.1) is 0 Å². The predicted molar refractivity (Wildman–Crippen MR) is 314 cm³/mol. The molecule has 12 unspecified atom stereocenters. The van der Waals surface area contributed by atoms with E-state index in [1.165, 1.54) is 135 Å². The highest BCUT2D eigenvalue weighted by atomic mass is 16.7. The van der Waals surface area contributed by atoms with Gasteiger partial charge in [0.1, 0.15) is 48.8 Å². The molecule has 454 valence electrons. The van der Waals surface area contributed by atoms with Gasteiger partial charge in [-0.2, -0.15) is 0 Å². The molecule has 0 aromatic carbocycles. The molecule has 78 heavy (non-hydrogen) atoms. The van der Waals surface area contributed by atoms with Crippen LogP contribution in [0.1, 0.15) is 245 Å². The van der Waals surface area contributed by atoms with Gasteiger partial charge in [-0.05, 0) is 57.8 Å². The van der Waals surface area contributed by atoms with Crippen molar-refractivity contribution in [2.24, 2.45) is 0 Å². The number of unbranched alkanes of at least 4 members (excludes halogenated alkanes) is 27. The fourth-order valence-electron chi connectivity index (χ4n) is 10.2. The first-order valence-corrected chi connectivity index (χ1v) is 31.5. The lowest BCUT2D eigenvalue weighted by Gasteiger charge is -2.46. The summed E-state index contributed by atoms with van der Waals surface area (Å²) in [5.74, 6) is -0.208. The summed E-state index contributed by atoms with van der Waals surface area (Å²) in [6.45, 7) is 2.75. The van der Waals surface area contributed by atoms with Crippen LogP contribution in [-0.4, -0.2) is 140 Å². The summed E-state index contributed by atoms with van der Waals surface area (Å²) in [5, 5.41) is 87.3. The molecule has 0 bridgehead atoms. The second-order valence-electron chi connectivity index (χ2n) is 22.2. The Bertz CT molecular complexity index is 1540. The first-order valence-electron chi connectivity index (χ1n) is 31.5. The lowest BCUT2D eigenvalue weighted by atomic mass is 9.97. The number of ether oxygens (including phenoxy) is 4. The topological polar surface area (TPSA) is 228 Å². The fraction of sp³-hybridized carbons (Fsp3) is 0.828. The van der Waals surface area contributed by atoms with Crippen molar-refractivity contribution in [1.82, 2.24) is 5.32 Å². The Hall–Kier alpha value is -2.31. The quantitative estimate of drug-likeness (QED) is 0.0204. The van der Waals surface area contributed by atoms with Gasteiger partial charge < -0.3 is 65.1 Å². The Labute approximate surface area is 473 Å². The molecule has 14 heteroatoms. The molecule has 0 aromatic heterocycles. The highest BCUT2D eigenvalue weighted by Gasteiger charge is 2.51. The van der Waals surface area contributed by atoms with E-state index in [0.717, 1.165) is 83.5 Å². The number of rotatable bonds is 50. The Balaban J connectivity index is 1.65. The summed E-state index contributed by atoms with van der Waals surface area (Å²) < 4.78 is 22.8. The first-order chi connectivity index (χ1) is 38.1. The van der Waals surface area contributed by atoms with Gasteiger partial charge in [0.25, 0.3) is 0 Å². The number of hydrogen-bond donors (Lipinski definition) is 9. The SMILES string of the molecule is CC/C=C\C/C=C\C/C=C\C/C=C\C/C=C\CCCCCCCCCCCCCCCCCC(=O)NC(COC1OC(CO)C(OC2OC(CO)C(O)C(O)C2O)C(O)C1O)C(O)CCCCCCCCCCCCCCC. The zero-order valence-electron chi connectivity index (χ0n) is 48.9. The highest BCUT2D eigenvalue weighted by molar-refractivity contribution is 5.76. The van der Waals surface area contributed by atoms with E-state index in [9.17, 15) is 45.6 Å². The number of carbonyl (C=O) groups excluding carboxylic acids is 1. The summed E-state index contributed by atoms with van der Waals surface area (Å²) >= 11 is 0. The third-order valence-electron chi connectivity index (χ3n) is 15.2. The molecule has 12 atom stereocenters. The molecule has 2 heterocycles. The minimum absolute atomic E-state index is 0.208. The van der Waals surface area contributed by atoms with Crippen molar-refractivity contribution in [2.45, 2.75) is 319 Å². The molecule has 0 aromatic rings. The third-order valence-corrected chi connectivity index (χ3v) is 15.2. The molecule has 0 radical (unpaired) electrons. The van der Waals surface area contributed by atoms with Gasteiger partial charge in [0.2, 0.25) is 5.91 Å². The van der Waals surface area contributed by atoms with Crippen LogP contribution in [0.5, 0.6) is 0 Å². The molecular weight excluding hydrogens is 991 g/mol. The van der Waals surface area contributed by atoms with E-state index in [-0.39, 0.29) is 12.5 Å². The van der Waals surface area contributed by atoms with E-state index in [1.807, 2.05) is 0 Å². The van der Waals surface area contributed by atoms with E-state index in [4.69, 9.17) is 18.9 Å². The molecule has 14 nitrogen and oxygen atoms in total. The molecule has 0 saturated carbocycles. The molecule has 2 saturated heterocycles. The maximum Gasteiger partial charge on any atom is 0.220 e. The molecule has 2 rings (SSSR count). The molecular formula is C64H115NO13. The third kappa shape index (κ3) is 34.2. The molecule has 0 spiro atoms. The largest absolute Gasteiger partial charge is 0.394 e. The van der Waals surface area contributed by atoms with Crippen LogP contribution < -0.4 is 5.32 Å². The van der Waals surface area contributed by atoms with E-state index >= 15 is 0 Å². The standard InChI is InChI=1S/C64H115NO13/c1-3-5-7-9-11-13-15-17-18-19-20-21-22-23-24-25-26-27-28-29-30-31-32-33-34-36-38-40-42-44-46-48-56(69)65-52(53(68)47-45-43-41-39-37-35-16-14-12-10-8-6-4-2)51-75-63-61(74)59(72)62(55(50-67)77-63)78-64-60(73)58(71)57(70)54(49-66)76-64/h5,7,11,13,17-18,20-21,23-24,52-55,57-64,66-68,70-74H,3-4,6,8-10,12,14-16,19,22,25-51H2,1-2H3,(H,65,69)/b7-5-,13-11-,18-17-,21-20-,24-23-. The van der Waals surface area contributed by atoms with Gasteiger partial charge in [0, 0.05) is 6.42 Å². The summed E-state index contributed by atoms with van der Waals surface area (Å²) in [4.78, 5) is 13.3. The second kappa shape index (κ2) is 49.3. The lowest BCUT2D eigenvalue weighted by Crippen LogP contribution is -2.65. The Kier molecular flexibility index (Phi) is 45.4. The maximum atomic E-state index is 13.3. The number of aliphatic hydroxyl groups is 8. The molecule has 0 aliphatic carbocycles. The number of hydrogen-bond acceptors (Lipinski definition) is 13. The summed E-state index contributed by atoms with van der Waals surface area (Å²) in [6, 6.07) is -0.829. The summed E-state index contributed by atoms with van der Waals surface area (Å²) in [6.07, 6.45) is 46.6. The lowest BCUT2D eigenvalue weighted by molar-refractivity contribution is -0.359. The summed E-state index contributed by atoms with van der Waals surface area (Å²) in [7, 11) is 0. The van der Waals surface area contributed by atoms with Crippen LogP contribution in [-0.2, 0) is 23.7 Å². The van der Waals surface area contributed by atoms with Gasteiger partial charge in [-0.25, -0.2) is 0 Å². The van der Waals surface area contributed by atoms with Crippen molar-refractivity contribution in [3.8, 4) is 0 Å². The zero-order chi connectivity index (χ0) is 56.7. The van der Waals surface area contributed by atoms with Gasteiger partial charge >= 0.3 is 0 Å². The van der Waals surface area contributed by atoms with E-state index in [2.05, 4.69) is 79.9 Å². The molecule has 1 amide bonds. The average molecular weight is 1110 g/mol. The Morgan fingerprint density at radius 2 is 0.885 bits per heavy atom. The number of carbonyl (C=O) groups is 1. The van der Waals surface area contributed by atoms with Crippen LogP contribution in [0.25, 0.3) is 0 Å². The van der Waals surface area contributed by atoms with Crippen LogP contribution in [0.2, 0.25) is 0 Å². The molecule has 2 aliphatic heterocycles. The van der Waals surface area contributed by atoms with Crippen LogP contribution in [0.3, 0.4) is 0 Å². The smallest absolute Gasteiger partial charge is 0.220 e. The van der Waals surface area contributed by atoms with E-state index < -0.39 is 86.8 Å². The fourth-order valence-corrected chi connectivity index (χ4v) is 10.2. The summed E-state index contributed by atoms with van der Waals surface area (Å²) in [5.41, 5.74) is 0. The highest BCUT2D eigenvalue weighted by Crippen LogP contribution is 2.30. The van der Waals surface area contributed by atoms with Crippen LogP contribution >= 0.6 is 0 Å². The normalized spacial score (nSPS) is 24.9. The average Bonchev–Trinajstić information content (AvgIpc) is 3.47. The van der Waals surface area contributed by atoms with Crippen LogP contribution in [0.4, 0.5) is 0 Å². The van der Waals surface area contributed by atoms with Crippen molar-refractivity contribution < 1.29 is 64.6 Å². The van der Waals surface area contributed by atoms with Crippen molar-refractivity contribution in [1.29, 1.82) is 0 Å². The zero-order valence-corrected chi connectivity index (χ0v) is 48.9. The van der Waals surface area contributed by atoms with E-state index in [1.54, 1.807) is 0 Å². The number of aliphatic hydroxyl groups excluding tert-OH is 8. The Morgan fingerprint density at radius 1 is 0.474 bits per heavy atom. The van der Waals surface area contributed by atoms with Gasteiger partial charge in [-0.3, -0.25) is 4.79 Å². The number of amides is 1. The molecule has 2 fully saturated rings. The van der Waals surface area contributed by atoms with Gasteiger partial charge in [0.05, 0.1) is 32.0 Å². The van der Waals surface area contributed by atoms with Gasteiger partial charge in [-0.15, -0.1) is 0 Å². The van der Waals surface area contributed by atoms with Crippen molar-refractivity contribution in [3.05, 3.63) is 60.8 Å². The second-order valence-corrected chi connectivity index (χ2v) is 22.2. The van der Waals surface area contributed by atoms with Gasteiger partial charge in [0.15, 0.2) is 12.6 Å². The van der Waals surface area contributed by atoms with Crippen LogP contribution in [0.15, 0.2) is 60.8 Å². The van der Waals surface area contributed by atoms with Crippen molar-refractivity contribution in [3.63, 3.8) is 0 Å². The van der Waals surface area contributed by atoms with E-state index in [0.29, 0.717) is 12.8 Å². The molecule has 2 aliphatic rings. The predicted octanol–water partition coefficient (Wildman–Crippen LogP) is 11.3. The number of nitrogens with one attached hydrogen (secondary N) is 1. The minimum atomic E-state index is -1.78. The molecule has 9 N–H and O–H groups in total. The van der Waals surface area contributed by atoms with Crippen molar-refractivity contribution in [2.75, 3.05) is 19.8 Å². The number of allylic oxidation sites excluding steroid dienone is 10. The monoisotopic (exact) mass is 1110 g/mol. The van der Waals surface area contributed by atoms with Gasteiger partial charge in [-0.1, -0.05) is 242 Å². The van der Waals surface area contributed by atoms with Crippen molar-refractivity contribution >= 4 is 5.91 Å². The first kappa shape index (κ1) is 71.8. The maximum absolute atomic E-state index is 13.3. The Morgan fingerprint density at radius 3 is 1.36 bits per heavy atom.